The van der Waals surface area contributed by atoms with Crippen LogP contribution in [0.1, 0.15) is 62.2 Å². The summed E-state index contributed by atoms with van der Waals surface area (Å²) >= 11 is 0. The van der Waals surface area contributed by atoms with Gasteiger partial charge in [-0.05, 0) is 31.4 Å². The molecule has 0 bridgehead atoms. The smallest absolute Gasteiger partial charge is 0.257 e. The molecule has 0 atom stereocenters. The standard InChI is InChI=1S/C21H27N5O/c1-2-3-8-13-26-19(22)17(21(27)23-14-9-4-5-10-14)18-20(26)25-16-12-7-6-11-15(16)24-18/h6-7,11-12,14H,2-5,8-10,13,22H2,1H3,(H,23,27). The molecule has 142 valence electrons. The van der Waals surface area contributed by atoms with Crippen LogP contribution in [0.5, 0.6) is 0 Å². The molecule has 4 rings (SSSR count). The molecule has 0 spiro atoms. The number of benzene rings is 1. The number of amides is 1. The predicted octanol–water partition coefficient (Wildman–Crippen LogP) is 4.03. The number of para-hydroxylation sites is 2. The molecule has 2 heterocycles. The first-order valence-corrected chi connectivity index (χ1v) is 10.0. The highest BCUT2D eigenvalue weighted by Gasteiger charge is 2.26. The number of rotatable bonds is 6. The fourth-order valence-electron chi connectivity index (χ4n) is 4.01. The Hall–Kier alpha value is -2.63. The Labute approximate surface area is 159 Å². The van der Waals surface area contributed by atoms with Crippen molar-refractivity contribution in [2.45, 2.75) is 64.5 Å². The van der Waals surface area contributed by atoms with Gasteiger partial charge in [0.2, 0.25) is 0 Å². The first-order chi connectivity index (χ1) is 13.2. The van der Waals surface area contributed by atoms with Gasteiger partial charge in [0.15, 0.2) is 5.65 Å². The minimum Gasteiger partial charge on any atom is -0.384 e. The molecule has 3 aromatic rings. The summed E-state index contributed by atoms with van der Waals surface area (Å²) in [6, 6.07) is 7.99. The zero-order chi connectivity index (χ0) is 18.8. The minimum absolute atomic E-state index is 0.122. The van der Waals surface area contributed by atoms with E-state index in [1.807, 2.05) is 28.8 Å². The van der Waals surface area contributed by atoms with Crippen LogP contribution in [-0.2, 0) is 6.54 Å². The van der Waals surface area contributed by atoms with Crippen molar-refractivity contribution in [3.8, 4) is 0 Å². The first-order valence-electron chi connectivity index (χ1n) is 10.0. The van der Waals surface area contributed by atoms with E-state index in [1.165, 1.54) is 12.8 Å². The second-order valence-electron chi connectivity index (χ2n) is 7.46. The zero-order valence-corrected chi connectivity index (χ0v) is 15.9. The maximum absolute atomic E-state index is 13.0. The lowest BCUT2D eigenvalue weighted by Crippen LogP contribution is -2.33. The van der Waals surface area contributed by atoms with Crippen LogP contribution >= 0.6 is 0 Å². The monoisotopic (exact) mass is 365 g/mol. The van der Waals surface area contributed by atoms with Gasteiger partial charge in [0.05, 0.1) is 11.0 Å². The van der Waals surface area contributed by atoms with E-state index in [9.17, 15) is 4.79 Å². The van der Waals surface area contributed by atoms with Crippen molar-refractivity contribution in [1.29, 1.82) is 0 Å². The molecular formula is C21H27N5O. The number of nitrogen functional groups attached to an aromatic ring is 1. The van der Waals surface area contributed by atoms with Crippen LogP contribution < -0.4 is 11.1 Å². The zero-order valence-electron chi connectivity index (χ0n) is 15.9. The summed E-state index contributed by atoms with van der Waals surface area (Å²) < 4.78 is 1.97. The number of nitrogens with two attached hydrogens (primary N) is 1. The van der Waals surface area contributed by atoms with Gasteiger partial charge in [-0.15, -0.1) is 0 Å². The molecule has 3 N–H and O–H groups in total. The van der Waals surface area contributed by atoms with Gasteiger partial charge in [-0.1, -0.05) is 44.7 Å². The van der Waals surface area contributed by atoms with Crippen LogP contribution in [0.25, 0.3) is 22.2 Å². The quantitative estimate of drug-likeness (QED) is 0.646. The van der Waals surface area contributed by atoms with E-state index in [1.54, 1.807) is 0 Å². The van der Waals surface area contributed by atoms with Gasteiger partial charge in [-0.2, -0.15) is 0 Å². The molecule has 0 aliphatic heterocycles. The van der Waals surface area contributed by atoms with Crippen molar-refractivity contribution in [2.75, 3.05) is 5.73 Å². The molecule has 1 aromatic carbocycles. The van der Waals surface area contributed by atoms with Gasteiger partial charge in [0, 0.05) is 12.6 Å². The van der Waals surface area contributed by atoms with E-state index in [-0.39, 0.29) is 11.9 Å². The lowest BCUT2D eigenvalue weighted by molar-refractivity contribution is 0.0940. The Morgan fingerprint density at radius 2 is 1.89 bits per heavy atom. The van der Waals surface area contributed by atoms with Gasteiger partial charge < -0.3 is 15.6 Å². The lowest BCUT2D eigenvalue weighted by atomic mass is 10.2. The van der Waals surface area contributed by atoms with E-state index in [0.29, 0.717) is 22.5 Å². The van der Waals surface area contributed by atoms with Crippen LogP contribution in [0.3, 0.4) is 0 Å². The van der Waals surface area contributed by atoms with Crippen molar-refractivity contribution in [1.82, 2.24) is 19.9 Å². The summed E-state index contributed by atoms with van der Waals surface area (Å²) in [7, 11) is 0. The summed E-state index contributed by atoms with van der Waals surface area (Å²) in [4.78, 5) is 22.6. The average Bonchev–Trinajstić information content (AvgIpc) is 3.26. The number of carbonyl (C=O) groups is 1. The summed E-state index contributed by atoms with van der Waals surface area (Å²) in [6.07, 6.45) is 7.66. The van der Waals surface area contributed by atoms with Crippen molar-refractivity contribution >= 4 is 33.9 Å². The molecule has 27 heavy (non-hydrogen) atoms. The maximum atomic E-state index is 13.0. The molecule has 1 fully saturated rings. The Bertz CT molecular complexity index is 972. The minimum atomic E-state index is -0.122. The van der Waals surface area contributed by atoms with E-state index >= 15 is 0 Å². The Morgan fingerprint density at radius 1 is 1.19 bits per heavy atom. The van der Waals surface area contributed by atoms with Gasteiger partial charge >= 0.3 is 0 Å². The fourth-order valence-corrected chi connectivity index (χ4v) is 4.01. The molecule has 1 aliphatic carbocycles. The Balaban J connectivity index is 1.81. The molecule has 0 unspecified atom stereocenters. The number of nitrogens with one attached hydrogen (secondary N) is 1. The van der Waals surface area contributed by atoms with Gasteiger partial charge in [0.1, 0.15) is 16.9 Å². The summed E-state index contributed by atoms with van der Waals surface area (Å²) in [6.45, 7) is 2.92. The van der Waals surface area contributed by atoms with Crippen molar-refractivity contribution < 1.29 is 4.79 Å². The number of fused-ring (bicyclic) bond motifs is 2. The number of aryl methyl sites for hydroxylation is 1. The van der Waals surface area contributed by atoms with Crippen molar-refractivity contribution in [2.24, 2.45) is 0 Å². The number of hydrogen-bond acceptors (Lipinski definition) is 4. The largest absolute Gasteiger partial charge is 0.384 e. The number of carbonyl (C=O) groups excluding carboxylic acids is 1. The van der Waals surface area contributed by atoms with E-state index in [0.717, 1.165) is 49.7 Å². The molecule has 6 heteroatoms. The maximum Gasteiger partial charge on any atom is 0.257 e. The highest BCUT2D eigenvalue weighted by Crippen LogP contribution is 2.29. The predicted molar refractivity (Wildman–Crippen MR) is 109 cm³/mol. The van der Waals surface area contributed by atoms with E-state index in [2.05, 4.69) is 12.2 Å². The second kappa shape index (κ2) is 7.55. The van der Waals surface area contributed by atoms with Crippen molar-refractivity contribution in [3.63, 3.8) is 0 Å². The van der Waals surface area contributed by atoms with E-state index < -0.39 is 0 Å². The lowest BCUT2D eigenvalue weighted by Gasteiger charge is -2.12. The van der Waals surface area contributed by atoms with Crippen LogP contribution in [-0.4, -0.2) is 26.5 Å². The van der Waals surface area contributed by atoms with Crippen molar-refractivity contribution in [3.05, 3.63) is 29.8 Å². The van der Waals surface area contributed by atoms with Crippen LogP contribution in [0.4, 0.5) is 5.82 Å². The number of hydrogen-bond donors (Lipinski definition) is 2. The summed E-state index contributed by atoms with van der Waals surface area (Å²) in [5.41, 5.74) is 9.86. The summed E-state index contributed by atoms with van der Waals surface area (Å²) in [5.74, 6) is 0.357. The number of anilines is 1. The van der Waals surface area contributed by atoms with Gasteiger partial charge in [-0.3, -0.25) is 4.79 Å². The molecule has 6 nitrogen and oxygen atoms in total. The molecule has 0 radical (unpaired) electrons. The third kappa shape index (κ3) is 3.36. The normalized spacial score (nSPS) is 15.0. The Morgan fingerprint density at radius 3 is 2.59 bits per heavy atom. The second-order valence-corrected chi connectivity index (χ2v) is 7.46. The number of unbranched alkanes of at least 4 members (excludes halogenated alkanes) is 2. The summed E-state index contributed by atoms with van der Waals surface area (Å²) in [5, 5.41) is 3.16. The third-order valence-corrected chi connectivity index (χ3v) is 5.49. The fraction of sp³-hybridized carbons (Fsp3) is 0.476. The topological polar surface area (TPSA) is 85.8 Å². The molecule has 0 saturated heterocycles. The average molecular weight is 365 g/mol. The third-order valence-electron chi connectivity index (χ3n) is 5.49. The molecule has 1 amide bonds. The Kier molecular flexibility index (Phi) is 4.97. The molecule has 2 aromatic heterocycles. The van der Waals surface area contributed by atoms with Crippen LogP contribution in [0.15, 0.2) is 24.3 Å². The molecule has 1 aliphatic rings. The highest BCUT2D eigenvalue weighted by atomic mass is 16.1. The molecule has 1 saturated carbocycles. The van der Waals surface area contributed by atoms with Gasteiger partial charge in [0.25, 0.3) is 5.91 Å². The van der Waals surface area contributed by atoms with Gasteiger partial charge in [-0.25, -0.2) is 9.97 Å². The van der Waals surface area contributed by atoms with E-state index in [4.69, 9.17) is 15.7 Å². The van der Waals surface area contributed by atoms with Crippen LogP contribution in [0.2, 0.25) is 0 Å². The molecular weight excluding hydrogens is 338 g/mol. The number of aromatic nitrogens is 3. The highest BCUT2D eigenvalue weighted by molar-refractivity contribution is 6.10. The SMILES string of the molecule is CCCCCn1c(N)c(C(=O)NC2CCCC2)c2nc3ccccc3nc21. The van der Waals surface area contributed by atoms with Crippen LogP contribution in [0, 0.1) is 0 Å². The first kappa shape index (κ1) is 17.8. The number of nitrogens with zero attached hydrogens (tertiary/aromatic N) is 3.